The highest BCUT2D eigenvalue weighted by Crippen LogP contribution is 2.26. The van der Waals surface area contributed by atoms with Gasteiger partial charge in [-0.05, 0) is 32.7 Å². The molecule has 2 rings (SSSR count). The first kappa shape index (κ1) is 14.8. The lowest BCUT2D eigenvalue weighted by Gasteiger charge is -2.51. The summed E-state index contributed by atoms with van der Waals surface area (Å²) in [6.45, 7) is 7.63. The van der Waals surface area contributed by atoms with Crippen molar-refractivity contribution >= 4 is 5.97 Å². The van der Waals surface area contributed by atoms with E-state index < -0.39 is 5.97 Å². The van der Waals surface area contributed by atoms with Crippen LogP contribution < -0.4 is 0 Å². The summed E-state index contributed by atoms with van der Waals surface area (Å²) < 4.78 is 0. The molecule has 19 heavy (non-hydrogen) atoms. The van der Waals surface area contributed by atoms with Crippen molar-refractivity contribution in [1.82, 2.24) is 9.80 Å². The monoisotopic (exact) mass is 268 g/mol. The Bertz CT molecular complexity index is 303. The van der Waals surface area contributed by atoms with E-state index in [1.165, 1.54) is 19.3 Å². The topological polar surface area (TPSA) is 43.8 Å². The second kappa shape index (κ2) is 6.71. The van der Waals surface area contributed by atoms with Crippen LogP contribution in [0.5, 0.6) is 0 Å². The summed E-state index contributed by atoms with van der Waals surface area (Å²) in [4.78, 5) is 16.1. The predicted octanol–water partition coefficient (Wildman–Crippen LogP) is 2.19. The number of nitrogens with zero attached hydrogens (tertiary/aromatic N) is 2. The minimum Gasteiger partial charge on any atom is -0.480 e. The standard InChI is InChI=1S/C15H28N2O2/c1-3-4-7-12(2)16-10-13(11-16)17-9-6-5-8-14(17)15(18)19/h12-14H,3-11H2,1-2H3,(H,18,19). The van der Waals surface area contributed by atoms with Crippen molar-refractivity contribution < 1.29 is 9.90 Å². The number of piperidine rings is 1. The molecular formula is C15H28N2O2. The molecule has 2 fully saturated rings. The van der Waals surface area contributed by atoms with Crippen molar-refractivity contribution in [3.05, 3.63) is 0 Å². The van der Waals surface area contributed by atoms with Crippen LogP contribution in [0, 0.1) is 0 Å². The second-order valence-electron chi connectivity index (χ2n) is 6.19. The minimum absolute atomic E-state index is 0.230. The van der Waals surface area contributed by atoms with Crippen LogP contribution >= 0.6 is 0 Å². The lowest BCUT2D eigenvalue weighted by molar-refractivity contribution is -0.148. The molecular weight excluding hydrogens is 240 g/mol. The lowest BCUT2D eigenvalue weighted by atomic mass is 9.95. The van der Waals surface area contributed by atoms with Gasteiger partial charge in [0, 0.05) is 25.2 Å². The van der Waals surface area contributed by atoms with Crippen molar-refractivity contribution in [1.29, 1.82) is 0 Å². The summed E-state index contributed by atoms with van der Waals surface area (Å²) >= 11 is 0. The van der Waals surface area contributed by atoms with Crippen molar-refractivity contribution in [2.45, 2.75) is 70.5 Å². The van der Waals surface area contributed by atoms with Crippen molar-refractivity contribution in [3.63, 3.8) is 0 Å². The lowest BCUT2D eigenvalue weighted by Crippen LogP contribution is -2.65. The predicted molar refractivity (Wildman–Crippen MR) is 76.3 cm³/mol. The van der Waals surface area contributed by atoms with Gasteiger partial charge in [0.15, 0.2) is 0 Å². The summed E-state index contributed by atoms with van der Waals surface area (Å²) in [6, 6.07) is 0.904. The van der Waals surface area contributed by atoms with Gasteiger partial charge in [-0.1, -0.05) is 26.2 Å². The molecule has 0 aromatic carbocycles. The number of carbonyl (C=O) groups is 1. The van der Waals surface area contributed by atoms with E-state index in [4.69, 9.17) is 0 Å². The quantitative estimate of drug-likeness (QED) is 0.802. The fourth-order valence-electron chi connectivity index (χ4n) is 3.40. The van der Waals surface area contributed by atoms with E-state index in [9.17, 15) is 9.90 Å². The molecule has 2 atom stereocenters. The van der Waals surface area contributed by atoms with E-state index in [0.29, 0.717) is 12.1 Å². The van der Waals surface area contributed by atoms with E-state index in [1.54, 1.807) is 0 Å². The molecule has 0 amide bonds. The van der Waals surface area contributed by atoms with Gasteiger partial charge in [-0.25, -0.2) is 0 Å². The van der Waals surface area contributed by atoms with E-state index in [2.05, 4.69) is 23.6 Å². The molecule has 110 valence electrons. The maximum atomic E-state index is 11.3. The summed E-state index contributed by atoms with van der Waals surface area (Å²) in [5, 5.41) is 9.31. The zero-order chi connectivity index (χ0) is 13.8. The van der Waals surface area contributed by atoms with E-state index in [-0.39, 0.29) is 6.04 Å². The van der Waals surface area contributed by atoms with Gasteiger partial charge in [-0.15, -0.1) is 0 Å². The molecule has 4 nitrogen and oxygen atoms in total. The molecule has 2 saturated heterocycles. The highest BCUT2D eigenvalue weighted by molar-refractivity contribution is 5.73. The second-order valence-corrected chi connectivity index (χ2v) is 6.19. The molecule has 0 saturated carbocycles. The summed E-state index contributed by atoms with van der Waals surface area (Å²) in [7, 11) is 0. The molecule has 1 N–H and O–H groups in total. The van der Waals surface area contributed by atoms with Crippen LogP contribution in [0.2, 0.25) is 0 Å². The molecule has 0 aromatic heterocycles. The van der Waals surface area contributed by atoms with Gasteiger partial charge in [0.1, 0.15) is 6.04 Å². The minimum atomic E-state index is -0.628. The number of rotatable bonds is 6. The summed E-state index contributed by atoms with van der Waals surface area (Å²) in [5.74, 6) is -0.628. The van der Waals surface area contributed by atoms with Gasteiger partial charge in [0.2, 0.25) is 0 Å². The fraction of sp³-hybridized carbons (Fsp3) is 0.933. The average molecular weight is 268 g/mol. The third kappa shape index (κ3) is 3.48. The molecule has 2 aliphatic heterocycles. The number of carboxylic acid groups (broad SMARTS) is 1. The number of aliphatic carboxylic acids is 1. The van der Waals surface area contributed by atoms with Crippen LogP contribution in [0.15, 0.2) is 0 Å². The van der Waals surface area contributed by atoms with Gasteiger partial charge in [0.25, 0.3) is 0 Å². The fourth-order valence-corrected chi connectivity index (χ4v) is 3.40. The van der Waals surface area contributed by atoms with E-state index in [1.807, 2.05) is 0 Å². The van der Waals surface area contributed by atoms with E-state index in [0.717, 1.165) is 38.9 Å². The van der Waals surface area contributed by atoms with Gasteiger partial charge < -0.3 is 5.11 Å². The molecule has 0 aromatic rings. The Morgan fingerprint density at radius 1 is 1.37 bits per heavy atom. The van der Waals surface area contributed by atoms with Gasteiger partial charge in [-0.3, -0.25) is 14.6 Å². The van der Waals surface area contributed by atoms with Crippen LogP contribution in [0.25, 0.3) is 0 Å². The Balaban J connectivity index is 1.80. The molecule has 2 aliphatic rings. The third-order valence-electron chi connectivity index (χ3n) is 4.79. The number of likely N-dealkylation sites (tertiary alicyclic amines) is 2. The Kier molecular flexibility index (Phi) is 5.22. The highest BCUT2D eigenvalue weighted by Gasteiger charge is 2.40. The first-order chi connectivity index (χ1) is 9.13. The first-order valence-corrected chi connectivity index (χ1v) is 7.86. The van der Waals surface area contributed by atoms with Crippen molar-refractivity contribution in [2.24, 2.45) is 0 Å². The van der Waals surface area contributed by atoms with Crippen LogP contribution in [-0.4, -0.2) is 58.6 Å². The molecule has 4 heteroatoms. The Morgan fingerprint density at radius 2 is 2.11 bits per heavy atom. The zero-order valence-electron chi connectivity index (χ0n) is 12.3. The Hall–Kier alpha value is -0.610. The van der Waals surface area contributed by atoms with Gasteiger partial charge in [-0.2, -0.15) is 0 Å². The summed E-state index contributed by atoms with van der Waals surface area (Å²) in [6.07, 6.45) is 6.88. The number of carboxylic acids is 1. The molecule has 0 radical (unpaired) electrons. The maximum Gasteiger partial charge on any atom is 0.320 e. The van der Waals surface area contributed by atoms with E-state index >= 15 is 0 Å². The van der Waals surface area contributed by atoms with Crippen LogP contribution in [0.4, 0.5) is 0 Å². The largest absolute Gasteiger partial charge is 0.480 e. The Morgan fingerprint density at radius 3 is 2.74 bits per heavy atom. The highest BCUT2D eigenvalue weighted by atomic mass is 16.4. The van der Waals surface area contributed by atoms with Crippen LogP contribution in [0.1, 0.15) is 52.4 Å². The normalized spacial score (nSPS) is 28.0. The molecule has 0 spiro atoms. The number of hydrogen-bond acceptors (Lipinski definition) is 3. The van der Waals surface area contributed by atoms with Crippen molar-refractivity contribution in [3.8, 4) is 0 Å². The SMILES string of the molecule is CCCCC(C)N1CC(N2CCCCC2C(=O)O)C1. The zero-order valence-corrected chi connectivity index (χ0v) is 12.3. The van der Waals surface area contributed by atoms with Crippen LogP contribution in [-0.2, 0) is 4.79 Å². The van der Waals surface area contributed by atoms with Crippen molar-refractivity contribution in [2.75, 3.05) is 19.6 Å². The number of unbranched alkanes of at least 4 members (excludes halogenated alkanes) is 1. The van der Waals surface area contributed by atoms with Crippen LogP contribution in [0.3, 0.4) is 0 Å². The number of hydrogen-bond donors (Lipinski definition) is 1. The first-order valence-electron chi connectivity index (χ1n) is 7.86. The third-order valence-corrected chi connectivity index (χ3v) is 4.79. The summed E-state index contributed by atoms with van der Waals surface area (Å²) in [5.41, 5.74) is 0. The molecule has 0 aliphatic carbocycles. The van der Waals surface area contributed by atoms with Gasteiger partial charge in [0.05, 0.1) is 0 Å². The molecule has 2 unspecified atom stereocenters. The molecule has 0 bridgehead atoms. The molecule has 2 heterocycles. The maximum absolute atomic E-state index is 11.3. The van der Waals surface area contributed by atoms with Gasteiger partial charge >= 0.3 is 5.97 Å². The Labute approximate surface area is 116 Å². The smallest absolute Gasteiger partial charge is 0.320 e. The average Bonchev–Trinajstić information content (AvgIpc) is 2.35.